The van der Waals surface area contributed by atoms with E-state index in [2.05, 4.69) is 11.4 Å². The minimum Gasteiger partial charge on any atom is -0.493 e. The van der Waals surface area contributed by atoms with Crippen LogP contribution in [0.3, 0.4) is 0 Å². The van der Waals surface area contributed by atoms with E-state index in [1.54, 1.807) is 19.2 Å². The fraction of sp³-hybridized carbons (Fsp3) is 0.333. The number of para-hydroxylation sites is 1. The van der Waals surface area contributed by atoms with Crippen molar-refractivity contribution in [1.29, 1.82) is 0 Å². The van der Waals surface area contributed by atoms with Crippen LogP contribution in [0.15, 0.2) is 42.5 Å². The van der Waals surface area contributed by atoms with Crippen LogP contribution in [0.4, 0.5) is 0 Å². The second kappa shape index (κ2) is 7.68. The normalized spacial score (nSPS) is 17.7. The highest BCUT2D eigenvalue weighted by molar-refractivity contribution is 6.30. The molecule has 1 N–H and O–H groups in total. The number of methoxy groups -OCH3 is 1. The molecule has 1 atom stereocenters. The van der Waals surface area contributed by atoms with Gasteiger partial charge in [-0.2, -0.15) is 0 Å². The van der Waals surface area contributed by atoms with E-state index in [0.717, 1.165) is 37.4 Å². The Kier molecular flexibility index (Phi) is 5.39. The Morgan fingerprint density at radius 1 is 1.17 bits per heavy atom. The molecule has 0 unspecified atom stereocenters. The highest BCUT2D eigenvalue weighted by atomic mass is 35.5. The van der Waals surface area contributed by atoms with Crippen molar-refractivity contribution in [1.82, 2.24) is 5.32 Å². The van der Waals surface area contributed by atoms with Crippen LogP contribution in [0.2, 0.25) is 5.02 Å². The Bertz CT molecular complexity index is 656. The first-order valence-corrected chi connectivity index (χ1v) is 8.05. The van der Waals surface area contributed by atoms with Crippen molar-refractivity contribution in [2.24, 2.45) is 0 Å². The average Bonchev–Trinajstić information content (AvgIpc) is 2.59. The SMILES string of the molecule is COc1cc(Cl)ccc1Oc1ccccc1C[C@@H]1CNCCO1. The van der Waals surface area contributed by atoms with Gasteiger partial charge < -0.3 is 19.5 Å². The van der Waals surface area contributed by atoms with Gasteiger partial charge in [-0.15, -0.1) is 0 Å². The Hall–Kier alpha value is -1.75. The summed E-state index contributed by atoms with van der Waals surface area (Å²) >= 11 is 6.00. The van der Waals surface area contributed by atoms with Gasteiger partial charge in [-0.25, -0.2) is 0 Å². The summed E-state index contributed by atoms with van der Waals surface area (Å²) in [6.45, 7) is 2.52. The number of ether oxygens (including phenoxy) is 3. The molecule has 2 aromatic carbocycles. The van der Waals surface area contributed by atoms with E-state index < -0.39 is 0 Å². The number of hydrogen-bond donors (Lipinski definition) is 1. The van der Waals surface area contributed by atoms with E-state index in [1.165, 1.54) is 0 Å². The molecule has 3 rings (SSSR count). The zero-order valence-corrected chi connectivity index (χ0v) is 13.8. The number of benzene rings is 2. The summed E-state index contributed by atoms with van der Waals surface area (Å²) in [5.41, 5.74) is 1.11. The zero-order chi connectivity index (χ0) is 16.1. The Labute approximate surface area is 141 Å². The molecule has 1 fully saturated rings. The molecule has 1 aliphatic heterocycles. The van der Waals surface area contributed by atoms with Crippen molar-refractivity contribution in [3.63, 3.8) is 0 Å². The third-order valence-electron chi connectivity index (χ3n) is 3.77. The summed E-state index contributed by atoms with van der Waals surface area (Å²) < 4.78 is 17.2. The Balaban J connectivity index is 1.80. The van der Waals surface area contributed by atoms with Crippen molar-refractivity contribution in [2.75, 3.05) is 26.8 Å². The van der Waals surface area contributed by atoms with Crippen LogP contribution in [-0.2, 0) is 11.2 Å². The average molecular weight is 334 g/mol. The van der Waals surface area contributed by atoms with E-state index in [4.69, 9.17) is 25.8 Å². The lowest BCUT2D eigenvalue weighted by Crippen LogP contribution is -2.39. The highest BCUT2D eigenvalue weighted by Crippen LogP contribution is 2.35. The molecule has 0 aromatic heterocycles. The zero-order valence-electron chi connectivity index (χ0n) is 13.0. The third kappa shape index (κ3) is 4.16. The van der Waals surface area contributed by atoms with Crippen molar-refractivity contribution in [3.05, 3.63) is 53.1 Å². The summed E-state index contributed by atoms with van der Waals surface area (Å²) in [5, 5.41) is 3.96. The monoisotopic (exact) mass is 333 g/mol. The van der Waals surface area contributed by atoms with Gasteiger partial charge in [-0.1, -0.05) is 29.8 Å². The fourth-order valence-electron chi connectivity index (χ4n) is 2.61. The summed E-state index contributed by atoms with van der Waals surface area (Å²) in [4.78, 5) is 0. The maximum Gasteiger partial charge on any atom is 0.169 e. The van der Waals surface area contributed by atoms with Gasteiger partial charge in [0.1, 0.15) is 5.75 Å². The van der Waals surface area contributed by atoms with Crippen molar-refractivity contribution < 1.29 is 14.2 Å². The van der Waals surface area contributed by atoms with E-state index >= 15 is 0 Å². The second-order valence-electron chi connectivity index (χ2n) is 5.41. The first-order chi connectivity index (χ1) is 11.3. The van der Waals surface area contributed by atoms with Gasteiger partial charge in [0.15, 0.2) is 11.5 Å². The van der Waals surface area contributed by atoms with Crippen LogP contribution >= 0.6 is 11.6 Å². The number of rotatable bonds is 5. The quantitative estimate of drug-likeness (QED) is 0.906. The molecule has 1 heterocycles. The molecule has 0 aliphatic carbocycles. The summed E-state index contributed by atoms with van der Waals surface area (Å²) in [5.74, 6) is 2.07. The maximum absolute atomic E-state index is 6.07. The molecular formula is C18H20ClNO3. The topological polar surface area (TPSA) is 39.7 Å². The minimum atomic E-state index is 0.167. The molecule has 122 valence electrons. The summed E-state index contributed by atoms with van der Waals surface area (Å²) in [6.07, 6.45) is 0.972. The van der Waals surface area contributed by atoms with Gasteiger partial charge in [-0.3, -0.25) is 0 Å². The van der Waals surface area contributed by atoms with Crippen LogP contribution in [0.5, 0.6) is 17.2 Å². The first kappa shape index (κ1) is 16.1. The van der Waals surface area contributed by atoms with Crippen LogP contribution in [0.1, 0.15) is 5.56 Å². The van der Waals surface area contributed by atoms with Crippen molar-refractivity contribution in [3.8, 4) is 17.2 Å². The molecule has 0 bridgehead atoms. The van der Waals surface area contributed by atoms with Gasteiger partial charge >= 0.3 is 0 Å². The minimum absolute atomic E-state index is 0.167. The number of halogens is 1. The lowest BCUT2D eigenvalue weighted by molar-refractivity contribution is 0.0289. The van der Waals surface area contributed by atoms with Gasteiger partial charge in [0.25, 0.3) is 0 Å². The molecule has 2 aromatic rings. The van der Waals surface area contributed by atoms with Crippen LogP contribution in [0, 0.1) is 0 Å². The molecule has 23 heavy (non-hydrogen) atoms. The van der Waals surface area contributed by atoms with Gasteiger partial charge in [0.2, 0.25) is 0 Å². The second-order valence-corrected chi connectivity index (χ2v) is 5.84. The number of nitrogens with one attached hydrogen (secondary N) is 1. The molecule has 4 nitrogen and oxygen atoms in total. The highest BCUT2D eigenvalue weighted by Gasteiger charge is 2.17. The van der Waals surface area contributed by atoms with Crippen molar-refractivity contribution in [2.45, 2.75) is 12.5 Å². The predicted molar refractivity (Wildman–Crippen MR) is 90.8 cm³/mol. The molecule has 0 saturated carbocycles. The lowest BCUT2D eigenvalue weighted by Gasteiger charge is -2.24. The van der Waals surface area contributed by atoms with Gasteiger partial charge in [0, 0.05) is 30.6 Å². The van der Waals surface area contributed by atoms with Crippen LogP contribution in [-0.4, -0.2) is 32.9 Å². The molecule has 0 amide bonds. The van der Waals surface area contributed by atoms with Gasteiger partial charge in [0.05, 0.1) is 19.8 Å². The van der Waals surface area contributed by atoms with Crippen LogP contribution < -0.4 is 14.8 Å². The standard InChI is InChI=1S/C18H20ClNO3/c1-21-18-11-14(19)6-7-17(18)23-16-5-3-2-4-13(16)10-15-12-20-8-9-22-15/h2-7,11,15,20H,8-10,12H2,1H3/t15-/m1/s1. The molecule has 1 saturated heterocycles. The first-order valence-electron chi connectivity index (χ1n) is 7.68. The van der Waals surface area contributed by atoms with E-state index in [1.807, 2.05) is 24.3 Å². The summed E-state index contributed by atoms with van der Waals surface area (Å²) in [7, 11) is 1.60. The lowest BCUT2D eigenvalue weighted by atomic mass is 10.1. The van der Waals surface area contributed by atoms with Crippen LogP contribution in [0.25, 0.3) is 0 Å². The van der Waals surface area contributed by atoms with Crippen molar-refractivity contribution >= 4 is 11.6 Å². The Morgan fingerprint density at radius 2 is 2.04 bits per heavy atom. The number of morpholine rings is 1. The molecule has 1 aliphatic rings. The molecule has 0 radical (unpaired) electrons. The van der Waals surface area contributed by atoms with E-state index in [9.17, 15) is 0 Å². The van der Waals surface area contributed by atoms with E-state index in [-0.39, 0.29) is 6.10 Å². The largest absolute Gasteiger partial charge is 0.493 e. The predicted octanol–water partition coefficient (Wildman–Crippen LogP) is 3.67. The number of hydrogen-bond acceptors (Lipinski definition) is 4. The third-order valence-corrected chi connectivity index (χ3v) is 4.01. The Morgan fingerprint density at radius 3 is 2.83 bits per heavy atom. The van der Waals surface area contributed by atoms with E-state index in [0.29, 0.717) is 16.5 Å². The maximum atomic E-state index is 6.07. The summed E-state index contributed by atoms with van der Waals surface area (Å²) in [6, 6.07) is 13.3. The van der Waals surface area contributed by atoms with Gasteiger partial charge in [-0.05, 0) is 23.8 Å². The molecule has 5 heteroatoms. The fourth-order valence-corrected chi connectivity index (χ4v) is 2.77. The molecular weight excluding hydrogens is 314 g/mol. The smallest absolute Gasteiger partial charge is 0.169 e. The molecule has 0 spiro atoms.